The largest absolute Gasteiger partial charge is 0.335 e. The molecule has 3 unspecified atom stereocenters. The molecule has 0 aliphatic carbocycles. The first-order valence-electron chi connectivity index (χ1n) is 9.00. The molecule has 2 nitrogen and oxygen atoms in total. The summed E-state index contributed by atoms with van der Waals surface area (Å²) in [6.07, 6.45) is 3.68. The van der Waals surface area contributed by atoms with Crippen molar-refractivity contribution in [3.63, 3.8) is 0 Å². The molecule has 2 heteroatoms. The van der Waals surface area contributed by atoms with Crippen LogP contribution in [0.1, 0.15) is 51.2 Å². The Morgan fingerprint density at radius 3 is 2.52 bits per heavy atom. The van der Waals surface area contributed by atoms with Crippen LogP contribution < -0.4 is 0 Å². The molecular formula is C21H31NO. The SMILES string of the molecule is C=C(CC)C1C(C(C)CC)CC(=O)N1CCc1ccc(C)cc1. The Morgan fingerprint density at radius 1 is 1.30 bits per heavy atom. The normalized spacial score (nSPS) is 22.4. The highest BCUT2D eigenvalue weighted by Gasteiger charge is 2.42. The van der Waals surface area contributed by atoms with Crippen LogP contribution in [0.3, 0.4) is 0 Å². The van der Waals surface area contributed by atoms with Gasteiger partial charge in [-0.15, -0.1) is 0 Å². The van der Waals surface area contributed by atoms with E-state index in [0.717, 1.165) is 25.8 Å². The van der Waals surface area contributed by atoms with Crippen LogP contribution in [-0.2, 0) is 11.2 Å². The van der Waals surface area contributed by atoms with Crippen LogP contribution in [0.15, 0.2) is 36.4 Å². The third kappa shape index (κ3) is 4.04. The number of rotatable bonds is 7. The number of nitrogens with zero attached hydrogens (tertiary/aromatic N) is 1. The van der Waals surface area contributed by atoms with E-state index in [2.05, 4.69) is 63.4 Å². The minimum atomic E-state index is 0.230. The van der Waals surface area contributed by atoms with Crippen LogP contribution in [-0.4, -0.2) is 23.4 Å². The van der Waals surface area contributed by atoms with Gasteiger partial charge in [-0.05, 0) is 37.2 Å². The topological polar surface area (TPSA) is 20.3 Å². The van der Waals surface area contributed by atoms with Gasteiger partial charge in [0.05, 0.1) is 6.04 Å². The van der Waals surface area contributed by atoms with Gasteiger partial charge in [-0.2, -0.15) is 0 Å². The minimum absolute atomic E-state index is 0.230. The van der Waals surface area contributed by atoms with Crippen LogP contribution in [0.5, 0.6) is 0 Å². The summed E-state index contributed by atoms with van der Waals surface area (Å²) in [6, 6.07) is 8.86. The molecule has 1 aromatic carbocycles. The molecule has 1 aliphatic heterocycles. The zero-order valence-electron chi connectivity index (χ0n) is 15.1. The fourth-order valence-corrected chi connectivity index (χ4v) is 3.63. The monoisotopic (exact) mass is 313 g/mol. The maximum Gasteiger partial charge on any atom is 0.223 e. The van der Waals surface area contributed by atoms with Crippen molar-refractivity contribution in [1.29, 1.82) is 0 Å². The van der Waals surface area contributed by atoms with Gasteiger partial charge in [-0.25, -0.2) is 0 Å². The van der Waals surface area contributed by atoms with E-state index in [4.69, 9.17) is 0 Å². The van der Waals surface area contributed by atoms with Gasteiger partial charge in [0.2, 0.25) is 5.91 Å². The quantitative estimate of drug-likeness (QED) is 0.664. The first kappa shape index (κ1) is 17.8. The smallest absolute Gasteiger partial charge is 0.223 e. The summed E-state index contributed by atoms with van der Waals surface area (Å²) >= 11 is 0. The number of likely N-dealkylation sites (tertiary alicyclic amines) is 1. The molecule has 0 radical (unpaired) electrons. The Kier molecular flexibility index (Phi) is 6.04. The molecule has 126 valence electrons. The summed E-state index contributed by atoms with van der Waals surface area (Å²) in [4.78, 5) is 14.7. The number of aryl methyl sites for hydroxylation is 1. The standard InChI is InChI=1S/C21H31NO/c1-6-16(4)19-14-20(23)22(21(19)17(5)7-2)13-12-18-10-8-15(3)9-11-18/h8-11,16,19,21H,5-7,12-14H2,1-4H3. The molecule has 3 atom stereocenters. The van der Waals surface area contributed by atoms with E-state index in [0.29, 0.717) is 24.2 Å². The predicted molar refractivity (Wildman–Crippen MR) is 97.4 cm³/mol. The number of hydrogen-bond donors (Lipinski definition) is 0. The summed E-state index contributed by atoms with van der Waals surface area (Å²) in [6.45, 7) is 13.8. The van der Waals surface area contributed by atoms with Crippen LogP contribution in [0.2, 0.25) is 0 Å². The minimum Gasteiger partial charge on any atom is -0.335 e. The lowest BCUT2D eigenvalue weighted by Crippen LogP contribution is -2.39. The molecule has 1 fully saturated rings. The third-order valence-corrected chi connectivity index (χ3v) is 5.48. The van der Waals surface area contributed by atoms with Gasteiger partial charge < -0.3 is 4.90 Å². The molecule has 1 saturated heterocycles. The van der Waals surface area contributed by atoms with E-state index >= 15 is 0 Å². The first-order valence-corrected chi connectivity index (χ1v) is 9.00. The van der Waals surface area contributed by atoms with Crippen molar-refractivity contribution in [2.75, 3.05) is 6.54 Å². The second-order valence-electron chi connectivity index (χ2n) is 7.03. The van der Waals surface area contributed by atoms with Gasteiger partial charge >= 0.3 is 0 Å². The van der Waals surface area contributed by atoms with Gasteiger partial charge in [0, 0.05) is 13.0 Å². The molecule has 0 aromatic heterocycles. The number of carbonyl (C=O) groups is 1. The lowest BCUT2D eigenvalue weighted by atomic mass is 9.82. The molecule has 2 rings (SSSR count). The maximum absolute atomic E-state index is 12.6. The molecule has 0 N–H and O–H groups in total. The first-order chi connectivity index (χ1) is 11.0. The second-order valence-corrected chi connectivity index (χ2v) is 7.03. The van der Waals surface area contributed by atoms with Gasteiger partial charge in [-0.1, -0.05) is 69.2 Å². The van der Waals surface area contributed by atoms with E-state index in [1.165, 1.54) is 16.7 Å². The lowest BCUT2D eigenvalue weighted by molar-refractivity contribution is -0.128. The van der Waals surface area contributed by atoms with Gasteiger partial charge in [-0.3, -0.25) is 4.79 Å². The Hall–Kier alpha value is -1.57. The van der Waals surface area contributed by atoms with Crippen molar-refractivity contribution in [3.05, 3.63) is 47.5 Å². The molecule has 1 amide bonds. The second kappa shape index (κ2) is 7.81. The Bertz CT molecular complexity index is 545. The molecule has 0 bridgehead atoms. The van der Waals surface area contributed by atoms with E-state index in [-0.39, 0.29) is 6.04 Å². The summed E-state index contributed by atoms with van der Waals surface area (Å²) in [5, 5.41) is 0. The highest BCUT2D eigenvalue weighted by molar-refractivity contribution is 5.80. The predicted octanol–water partition coefficient (Wildman–Crippen LogP) is 4.77. The zero-order chi connectivity index (χ0) is 17.0. The van der Waals surface area contributed by atoms with Crippen molar-refractivity contribution in [2.45, 2.75) is 59.4 Å². The molecular weight excluding hydrogens is 282 g/mol. The Morgan fingerprint density at radius 2 is 1.96 bits per heavy atom. The fourth-order valence-electron chi connectivity index (χ4n) is 3.63. The zero-order valence-corrected chi connectivity index (χ0v) is 15.1. The van der Waals surface area contributed by atoms with Crippen LogP contribution >= 0.6 is 0 Å². The van der Waals surface area contributed by atoms with Gasteiger partial charge in [0.1, 0.15) is 0 Å². The number of benzene rings is 1. The van der Waals surface area contributed by atoms with Crippen molar-refractivity contribution >= 4 is 5.91 Å². The van der Waals surface area contributed by atoms with Crippen molar-refractivity contribution < 1.29 is 4.79 Å². The summed E-state index contributed by atoms with van der Waals surface area (Å²) in [5.74, 6) is 1.30. The molecule has 1 heterocycles. The molecule has 0 saturated carbocycles. The van der Waals surface area contributed by atoms with Crippen LogP contribution in [0.4, 0.5) is 0 Å². The van der Waals surface area contributed by atoms with E-state index in [9.17, 15) is 4.79 Å². The van der Waals surface area contributed by atoms with Crippen molar-refractivity contribution in [1.82, 2.24) is 4.90 Å². The van der Waals surface area contributed by atoms with Gasteiger partial charge in [0.25, 0.3) is 0 Å². The highest BCUT2D eigenvalue weighted by atomic mass is 16.2. The Balaban J connectivity index is 2.12. The van der Waals surface area contributed by atoms with E-state index in [1.807, 2.05) is 0 Å². The fraction of sp³-hybridized carbons (Fsp3) is 0.571. The van der Waals surface area contributed by atoms with Crippen molar-refractivity contribution in [3.8, 4) is 0 Å². The van der Waals surface area contributed by atoms with E-state index < -0.39 is 0 Å². The molecule has 23 heavy (non-hydrogen) atoms. The summed E-state index contributed by atoms with van der Waals surface area (Å²) in [7, 11) is 0. The molecule has 0 spiro atoms. The number of hydrogen-bond acceptors (Lipinski definition) is 1. The lowest BCUT2D eigenvalue weighted by Gasteiger charge is -2.32. The third-order valence-electron chi connectivity index (χ3n) is 5.48. The molecule has 1 aromatic rings. The van der Waals surface area contributed by atoms with Crippen LogP contribution in [0.25, 0.3) is 0 Å². The van der Waals surface area contributed by atoms with Crippen LogP contribution in [0, 0.1) is 18.8 Å². The van der Waals surface area contributed by atoms with E-state index in [1.54, 1.807) is 0 Å². The van der Waals surface area contributed by atoms with Gasteiger partial charge in [0.15, 0.2) is 0 Å². The number of amides is 1. The average Bonchev–Trinajstić information content (AvgIpc) is 2.89. The average molecular weight is 313 g/mol. The summed E-state index contributed by atoms with van der Waals surface area (Å²) in [5.41, 5.74) is 3.79. The molecule has 1 aliphatic rings. The number of carbonyl (C=O) groups excluding carboxylic acids is 1. The summed E-state index contributed by atoms with van der Waals surface area (Å²) < 4.78 is 0. The Labute approximate surface area is 141 Å². The van der Waals surface area contributed by atoms with Crippen molar-refractivity contribution in [2.24, 2.45) is 11.8 Å². The highest BCUT2D eigenvalue weighted by Crippen LogP contribution is 2.37. The maximum atomic E-state index is 12.6.